The first-order valence-electron chi connectivity index (χ1n) is 6.90. The summed E-state index contributed by atoms with van der Waals surface area (Å²) in [7, 11) is 0. The van der Waals surface area contributed by atoms with Gasteiger partial charge >= 0.3 is 5.97 Å². The first kappa shape index (κ1) is 17.0. The number of esters is 1. The summed E-state index contributed by atoms with van der Waals surface area (Å²) in [6, 6.07) is 9.74. The molecule has 0 aliphatic heterocycles. The zero-order valence-corrected chi connectivity index (χ0v) is 13.5. The molecule has 0 fully saturated rings. The molecule has 0 radical (unpaired) electrons. The first-order valence-corrected chi connectivity index (χ1v) is 7.44. The fourth-order valence-electron chi connectivity index (χ4n) is 1.87. The molecule has 0 aliphatic carbocycles. The zero-order valence-electron chi connectivity index (χ0n) is 12.7. The molecule has 0 aliphatic rings. The molecule has 1 aromatic carbocycles. The van der Waals surface area contributed by atoms with E-state index in [-0.39, 0.29) is 12.0 Å². The molecule has 0 N–H and O–H groups in total. The van der Waals surface area contributed by atoms with Gasteiger partial charge in [-0.15, -0.1) is 11.6 Å². The maximum atomic E-state index is 12.2. The molecule has 3 nitrogen and oxygen atoms in total. The van der Waals surface area contributed by atoms with Gasteiger partial charge in [0.15, 0.2) is 0 Å². The molecule has 0 amide bonds. The fourth-order valence-corrected chi connectivity index (χ4v) is 2.09. The van der Waals surface area contributed by atoms with Crippen molar-refractivity contribution in [1.29, 1.82) is 0 Å². The van der Waals surface area contributed by atoms with Gasteiger partial charge in [-0.3, -0.25) is 9.69 Å². The van der Waals surface area contributed by atoms with Gasteiger partial charge in [-0.25, -0.2) is 0 Å². The Bertz CT molecular complexity index is 414. The van der Waals surface area contributed by atoms with Gasteiger partial charge in [0.25, 0.3) is 0 Å². The molecular formula is C16H24ClNO2. The SMILES string of the molecule is CC(C(=O)OC(C)(C)C)N(CCCl)Cc1ccccc1. The third-order valence-electron chi connectivity index (χ3n) is 2.90. The topological polar surface area (TPSA) is 29.5 Å². The number of alkyl halides is 1. The molecule has 1 rings (SSSR count). The highest BCUT2D eigenvalue weighted by molar-refractivity contribution is 6.18. The van der Waals surface area contributed by atoms with Crippen molar-refractivity contribution in [2.75, 3.05) is 12.4 Å². The van der Waals surface area contributed by atoms with Crippen LogP contribution in [0.3, 0.4) is 0 Å². The van der Waals surface area contributed by atoms with Crippen molar-refractivity contribution >= 4 is 17.6 Å². The van der Waals surface area contributed by atoms with E-state index < -0.39 is 5.60 Å². The van der Waals surface area contributed by atoms with Crippen molar-refractivity contribution in [3.8, 4) is 0 Å². The van der Waals surface area contributed by atoms with E-state index in [0.717, 1.165) is 5.56 Å². The van der Waals surface area contributed by atoms with Crippen LogP contribution in [0, 0.1) is 0 Å². The lowest BCUT2D eigenvalue weighted by Gasteiger charge is -2.30. The van der Waals surface area contributed by atoms with E-state index in [0.29, 0.717) is 19.0 Å². The molecule has 0 heterocycles. The number of carbonyl (C=O) groups is 1. The molecule has 1 aromatic rings. The second-order valence-electron chi connectivity index (χ2n) is 5.85. The van der Waals surface area contributed by atoms with Crippen LogP contribution in [0.2, 0.25) is 0 Å². The average molecular weight is 298 g/mol. The Hall–Kier alpha value is -1.06. The number of ether oxygens (including phenoxy) is 1. The van der Waals surface area contributed by atoms with Crippen LogP contribution in [-0.2, 0) is 16.1 Å². The third-order valence-corrected chi connectivity index (χ3v) is 3.06. The average Bonchev–Trinajstić information content (AvgIpc) is 2.36. The van der Waals surface area contributed by atoms with Crippen LogP contribution >= 0.6 is 11.6 Å². The Labute approximate surface area is 126 Å². The standard InChI is InChI=1S/C16H24ClNO2/c1-13(15(19)20-16(2,3)4)18(11-10-17)12-14-8-6-5-7-9-14/h5-9,13H,10-12H2,1-4H3. The minimum absolute atomic E-state index is 0.210. The maximum absolute atomic E-state index is 12.2. The maximum Gasteiger partial charge on any atom is 0.323 e. The van der Waals surface area contributed by atoms with Crippen molar-refractivity contribution in [3.63, 3.8) is 0 Å². The molecule has 1 atom stereocenters. The van der Waals surface area contributed by atoms with Crippen LogP contribution in [0.1, 0.15) is 33.3 Å². The Morgan fingerprint density at radius 1 is 1.30 bits per heavy atom. The summed E-state index contributed by atoms with van der Waals surface area (Å²) in [5, 5.41) is 0. The zero-order chi connectivity index (χ0) is 15.2. The molecule has 0 bridgehead atoms. The van der Waals surface area contributed by atoms with Crippen LogP contribution in [0.4, 0.5) is 0 Å². The Balaban J connectivity index is 2.72. The number of rotatable bonds is 6. The summed E-state index contributed by atoms with van der Waals surface area (Å²) in [5.41, 5.74) is 0.693. The first-order chi connectivity index (χ1) is 9.33. The van der Waals surface area contributed by atoms with Crippen LogP contribution < -0.4 is 0 Å². The fraction of sp³-hybridized carbons (Fsp3) is 0.562. The summed E-state index contributed by atoms with van der Waals surface area (Å²) >= 11 is 5.85. The minimum Gasteiger partial charge on any atom is -0.459 e. The van der Waals surface area contributed by atoms with Crippen molar-refractivity contribution < 1.29 is 9.53 Å². The van der Waals surface area contributed by atoms with Gasteiger partial charge in [-0.2, -0.15) is 0 Å². The van der Waals surface area contributed by atoms with Crippen molar-refractivity contribution in [2.24, 2.45) is 0 Å². The van der Waals surface area contributed by atoms with Gasteiger partial charge in [0.2, 0.25) is 0 Å². The second kappa shape index (κ2) is 7.65. The smallest absolute Gasteiger partial charge is 0.323 e. The molecule has 0 saturated carbocycles. The molecular weight excluding hydrogens is 274 g/mol. The minimum atomic E-state index is -0.468. The normalized spacial score (nSPS) is 13.3. The van der Waals surface area contributed by atoms with Crippen LogP contribution in [0.5, 0.6) is 0 Å². The molecule has 0 spiro atoms. The van der Waals surface area contributed by atoms with E-state index in [1.807, 2.05) is 62.9 Å². The van der Waals surface area contributed by atoms with Gasteiger partial charge in [-0.05, 0) is 33.3 Å². The highest BCUT2D eigenvalue weighted by Gasteiger charge is 2.26. The Morgan fingerprint density at radius 3 is 2.40 bits per heavy atom. The Kier molecular flexibility index (Phi) is 6.50. The predicted molar refractivity (Wildman–Crippen MR) is 82.9 cm³/mol. The van der Waals surface area contributed by atoms with E-state index in [4.69, 9.17) is 16.3 Å². The van der Waals surface area contributed by atoms with E-state index in [1.165, 1.54) is 0 Å². The lowest BCUT2D eigenvalue weighted by molar-refractivity contribution is -0.160. The van der Waals surface area contributed by atoms with Crippen LogP contribution in [-0.4, -0.2) is 34.9 Å². The molecule has 0 aromatic heterocycles. The van der Waals surface area contributed by atoms with Gasteiger partial charge in [0.05, 0.1) is 0 Å². The van der Waals surface area contributed by atoms with Crippen molar-refractivity contribution in [1.82, 2.24) is 4.90 Å². The van der Waals surface area contributed by atoms with Gasteiger partial charge in [-0.1, -0.05) is 30.3 Å². The number of nitrogens with zero attached hydrogens (tertiary/aromatic N) is 1. The quantitative estimate of drug-likeness (QED) is 0.595. The van der Waals surface area contributed by atoms with Gasteiger partial charge in [0, 0.05) is 19.0 Å². The summed E-state index contributed by atoms with van der Waals surface area (Å²) in [6.07, 6.45) is 0. The monoisotopic (exact) mass is 297 g/mol. The van der Waals surface area contributed by atoms with Crippen molar-refractivity contribution in [2.45, 2.75) is 45.9 Å². The van der Waals surface area contributed by atoms with Gasteiger partial charge in [0.1, 0.15) is 11.6 Å². The highest BCUT2D eigenvalue weighted by Crippen LogP contribution is 2.14. The lowest BCUT2D eigenvalue weighted by Crippen LogP contribution is -2.43. The number of carbonyl (C=O) groups excluding carboxylic acids is 1. The lowest BCUT2D eigenvalue weighted by atomic mass is 10.1. The van der Waals surface area contributed by atoms with Crippen LogP contribution in [0.25, 0.3) is 0 Å². The number of hydrogen-bond acceptors (Lipinski definition) is 3. The second-order valence-corrected chi connectivity index (χ2v) is 6.23. The largest absolute Gasteiger partial charge is 0.459 e. The predicted octanol–water partition coefficient (Wildman–Crippen LogP) is 3.46. The summed E-state index contributed by atoms with van der Waals surface area (Å²) in [5.74, 6) is 0.276. The highest BCUT2D eigenvalue weighted by atomic mass is 35.5. The van der Waals surface area contributed by atoms with E-state index in [2.05, 4.69) is 0 Å². The van der Waals surface area contributed by atoms with E-state index >= 15 is 0 Å². The number of halogens is 1. The van der Waals surface area contributed by atoms with Gasteiger partial charge < -0.3 is 4.74 Å². The van der Waals surface area contributed by atoms with E-state index in [1.54, 1.807) is 0 Å². The summed E-state index contributed by atoms with van der Waals surface area (Å²) in [6.45, 7) is 8.83. The van der Waals surface area contributed by atoms with E-state index in [9.17, 15) is 4.79 Å². The summed E-state index contributed by atoms with van der Waals surface area (Å²) in [4.78, 5) is 14.2. The third kappa shape index (κ3) is 5.93. The molecule has 0 saturated heterocycles. The molecule has 20 heavy (non-hydrogen) atoms. The molecule has 112 valence electrons. The summed E-state index contributed by atoms with van der Waals surface area (Å²) < 4.78 is 5.44. The Morgan fingerprint density at radius 2 is 1.90 bits per heavy atom. The molecule has 1 unspecified atom stereocenters. The van der Waals surface area contributed by atoms with Crippen molar-refractivity contribution in [3.05, 3.63) is 35.9 Å². The molecule has 4 heteroatoms. The number of benzene rings is 1. The number of hydrogen-bond donors (Lipinski definition) is 0. The van der Waals surface area contributed by atoms with Crippen LogP contribution in [0.15, 0.2) is 30.3 Å².